The van der Waals surface area contributed by atoms with E-state index in [2.05, 4.69) is 10.3 Å². The van der Waals surface area contributed by atoms with Crippen molar-refractivity contribution < 1.29 is 13.9 Å². The number of nitrogens with zero attached hydrogens (tertiary/aromatic N) is 1. The fraction of sp³-hybridized carbons (Fsp3) is 0.0455. The summed E-state index contributed by atoms with van der Waals surface area (Å²) in [4.78, 5) is 28.7. The third-order valence-corrected chi connectivity index (χ3v) is 4.36. The SMILES string of the molecule is O=C(COc1ccc(Cl)cc1)Nc1cccc(-c2nc3ccccc3c(=O)o2)c1. The maximum atomic E-state index is 12.2. The first kappa shape index (κ1) is 18.7. The number of aromatic nitrogens is 1. The van der Waals surface area contributed by atoms with E-state index in [9.17, 15) is 9.59 Å². The van der Waals surface area contributed by atoms with Crippen LogP contribution in [0.2, 0.25) is 5.02 Å². The van der Waals surface area contributed by atoms with Crippen LogP contribution in [0.1, 0.15) is 0 Å². The third-order valence-electron chi connectivity index (χ3n) is 4.11. The van der Waals surface area contributed by atoms with Gasteiger partial charge in [-0.15, -0.1) is 0 Å². The molecule has 0 aliphatic rings. The molecule has 0 radical (unpaired) electrons. The van der Waals surface area contributed by atoms with Gasteiger partial charge in [0.1, 0.15) is 5.75 Å². The molecule has 0 aliphatic heterocycles. The van der Waals surface area contributed by atoms with Crippen molar-refractivity contribution in [2.45, 2.75) is 0 Å². The zero-order valence-corrected chi connectivity index (χ0v) is 15.8. The van der Waals surface area contributed by atoms with Gasteiger partial charge in [0.25, 0.3) is 5.91 Å². The Kier molecular flexibility index (Phi) is 5.27. The first-order chi connectivity index (χ1) is 14.1. The summed E-state index contributed by atoms with van der Waals surface area (Å²) in [5.74, 6) is 0.396. The molecule has 0 aliphatic carbocycles. The van der Waals surface area contributed by atoms with Gasteiger partial charge in [0.05, 0.1) is 10.9 Å². The van der Waals surface area contributed by atoms with E-state index < -0.39 is 5.63 Å². The fourth-order valence-corrected chi connectivity index (χ4v) is 2.87. The Balaban J connectivity index is 1.49. The van der Waals surface area contributed by atoms with Crippen LogP contribution in [0, 0.1) is 0 Å². The number of ether oxygens (including phenoxy) is 1. The van der Waals surface area contributed by atoms with Crippen molar-refractivity contribution in [1.29, 1.82) is 0 Å². The summed E-state index contributed by atoms with van der Waals surface area (Å²) in [6.45, 7) is -0.158. The molecule has 4 rings (SSSR count). The summed E-state index contributed by atoms with van der Waals surface area (Å²) in [5, 5.41) is 3.75. The number of amides is 1. The van der Waals surface area contributed by atoms with E-state index in [1.54, 1.807) is 72.8 Å². The van der Waals surface area contributed by atoms with E-state index >= 15 is 0 Å². The Bertz CT molecular complexity index is 1240. The quantitative estimate of drug-likeness (QED) is 0.526. The number of nitrogens with one attached hydrogen (secondary N) is 1. The third kappa shape index (κ3) is 4.44. The van der Waals surface area contributed by atoms with Crippen LogP contribution in [-0.2, 0) is 4.79 Å². The Labute approximate surface area is 170 Å². The minimum absolute atomic E-state index is 0.158. The van der Waals surface area contributed by atoms with E-state index in [1.807, 2.05) is 0 Å². The summed E-state index contributed by atoms with van der Waals surface area (Å²) >= 11 is 5.82. The molecule has 3 aromatic carbocycles. The lowest BCUT2D eigenvalue weighted by atomic mass is 10.2. The summed E-state index contributed by atoms with van der Waals surface area (Å²) in [6, 6.07) is 20.6. The monoisotopic (exact) mass is 406 g/mol. The van der Waals surface area contributed by atoms with Gasteiger partial charge in [-0.05, 0) is 54.6 Å². The van der Waals surface area contributed by atoms with E-state index in [4.69, 9.17) is 20.8 Å². The highest BCUT2D eigenvalue weighted by atomic mass is 35.5. The minimum Gasteiger partial charge on any atom is -0.484 e. The molecule has 4 aromatic rings. The number of fused-ring (bicyclic) bond motifs is 1. The van der Waals surface area contributed by atoms with Crippen molar-refractivity contribution in [2.75, 3.05) is 11.9 Å². The molecule has 1 amide bonds. The molecule has 7 heteroatoms. The second-order valence-electron chi connectivity index (χ2n) is 6.20. The Morgan fingerprint density at radius 2 is 1.83 bits per heavy atom. The number of benzene rings is 3. The van der Waals surface area contributed by atoms with Gasteiger partial charge >= 0.3 is 5.63 Å². The van der Waals surface area contributed by atoms with Crippen molar-refractivity contribution in [3.63, 3.8) is 0 Å². The number of para-hydroxylation sites is 1. The second-order valence-corrected chi connectivity index (χ2v) is 6.63. The van der Waals surface area contributed by atoms with Gasteiger partial charge in [0.2, 0.25) is 5.89 Å². The lowest BCUT2D eigenvalue weighted by molar-refractivity contribution is -0.118. The van der Waals surface area contributed by atoms with Crippen molar-refractivity contribution in [1.82, 2.24) is 4.98 Å². The fourth-order valence-electron chi connectivity index (χ4n) is 2.75. The van der Waals surface area contributed by atoms with E-state index in [0.717, 1.165) is 0 Å². The summed E-state index contributed by atoms with van der Waals surface area (Å²) < 4.78 is 10.8. The maximum Gasteiger partial charge on any atom is 0.347 e. The van der Waals surface area contributed by atoms with Gasteiger partial charge in [0, 0.05) is 16.3 Å². The Morgan fingerprint density at radius 1 is 1.03 bits per heavy atom. The Morgan fingerprint density at radius 3 is 2.66 bits per heavy atom. The summed E-state index contributed by atoms with van der Waals surface area (Å²) in [6.07, 6.45) is 0. The first-order valence-electron chi connectivity index (χ1n) is 8.77. The van der Waals surface area contributed by atoms with E-state index in [1.165, 1.54) is 0 Å². The van der Waals surface area contributed by atoms with Crippen molar-refractivity contribution in [3.8, 4) is 17.2 Å². The molecule has 1 heterocycles. The minimum atomic E-state index is -0.462. The number of halogens is 1. The van der Waals surface area contributed by atoms with Gasteiger partial charge < -0.3 is 14.5 Å². The van der Waals surface area contributed by atoms with Crippen LogP contribution < -0.4 is 15.7 Å². The van der Waals surface area contributed by atoms with Crippen LogP contribution in [0.25, 0.3) is 22.4 Å². The van der Waals surface area contributed by atoms with E-state index in [0.29, 0.717) is 32.9 Å². The van der Waals surface area contributed by atoms with Crippen LogP contribution >= 0.6 is 11.6 Å². The first-order valence-corrected chi connectivity index (χ1v) is 9.15. The standard InChI is InChI=1S/C22H15ClN2O4/c23-15-8-10-17(11-9-15)28-13-20(26)24-16-5-3-4-14(12-16)21-25-19-7-2-1-6-18(19)22(27)29-21/h1-12H,13H2,(H,24,26). The number of carbonyl (C=O) groups excluding carboxylic acids is 1. The summed E-state index contributed by atoms with van der Waals surface area (Å²) in [7, 11) is 0. The summed E-state index contributed by atoms with van der Waals surface area (Å²) in [5.41, 5.74) is 1.19. The highest BCUT2D eigenvalue weighted by Gasteiger charge is 2.10. The molecule has 0 atom stereocenters. The van der Waals surface area contributed by atoms with Gasteiger partial charge in [-0.25, -0.2) is 9.78 Å². The molecule has 0 saturated carbocycles. The zero-order chi connectivity index (χ0) is 20.2. The number of hydrogen-bond acceptors (Lipinski definition) is 5. The van der Waals surface area contributed by atoms with Crippen LogP contribution in [0.5, 0.6) is 5.75 Å². The highest BCUT2D eigenvalue weighted by molar-refractivity contribution is 6.30. The number of carbonyl (C=O) groups is 1. The molecule has 6 nitrogen and oxygen atoms in total. The molecule has 0 saturated heterocycles. The molecule has 0 unspecified atom stereocenters. The lowest BCUT2D eigenvalue weighted by Gasteiger charge is -2.09. The second kappa shape index (κ2) is 8.16. The number of hydrogen-bond donors (Lipinski definition) is 1. The van der Waals surface area contributed by atoms with Gasteiger partial charge in [0.15, 0.2) is 6.61 Å². The average Bonchev–Trinajstić information content (AvgIpc) is 2.73. The molecule has 29 heavy (non-hydrogen) atoms. The van der Waals surface area contributed by atoms with Crippen LogP contribution in [0.4, 0.5) is 5.69 Å². The lowest BCUT2D eigenvalue weighted by Crippen LogP contribution is -2.20. The maximum absolute atomic E-state index is 12.2. The molecule has 0 bridgehead atoms. The predicted octanol–water partition coefficient (Wildman–Crippen LogP) is 4.53. The molecule has 0 spiro atoms. The van der Waals surface area contributed by atoms with Crippen molar-refractivity contribution in [3.05, 3.63) is 88.2 Å². The molecule has 0 fully saturated rings. The van der Waals surface area contributed by atoms with Crippen LogP contribution in [0.15, 0.2) is 82.0 Å². The molecular formula is C22H15ClN2O4. The topological polar surface area (TPSA) is 81.4 Å². The predicted molar refractivity (Wildman–Crippen MR) is 111 cm³/mol. The van der Waals surface area contributed by atoms with Gasteiger partial charge in [-0.2, -0.15) is 0 Å². The van der Waals surface area contributed by atoms with Gasteiger partial charge in [-0.3, -0.25) is 4.79 Å². The molecule has 144 valence electrons. The van der Waals surface area contributed by atoms with Crippen molar-refractivity contribution >= 4 is 34.1 Å². The number of anilines is 1. The van der Waals surface area contributed by atoms with Crippen LogP contribution in [0.3, 0.4) is 0 Å². The zero-order valence-electron chi connectivity index (χ0n) is 15.1. The Hall–Kier alpha value is -3.64. The van der Waals surface area contributed by atoms with E-state index in [-0.39, 0.29) is 18.4 Å². The van der Waals surface area contributed by atoms with Crippen molar-refractivity contribution in [2.24, 2.45) is 0 Å². The molecule has 1 aromatic heterocycles. The molecular weight excluding hydrogens is 392 g/mol. The highest BCUT2D eigenvalue weighted by Crippen LogP contribution is 2.22. The smallest absolute Gasteiger partial charge is 0.347 e. The van der Waals surface area contributed by atoms with Crippen LogP contribution in [-0.4, -0.2) is 17.5 Å². The largest absolute Gasteiger partial charge is 0.484 e. The van der Waals surface area contributed by atoms with Gasteiger partial charge in [-0.1, -0.05) is 29.8 Å². The molecule has 1 N–H and O–H groups in total. The number of rotatable bonds is 5. The normalized spacial score (nSPS) is 10.7. The average molecular weight is 407 g/mol.